The average Bonchev–Trinajstić information content (AvgIpc) is 2.92. The zero-order chi connectivity index (χ0) is 30.2. The second kappa shape index (κ2) is 17.8. The number of carboxylic acids is 4. The lowest BCUT2D eigenvalue weighted by Crippen LogP contribution is -2.14. The number of carboxylic acid groups (broad SMARTS) is 4. The molecule has 2 atom stereocenters. The first-order valence-electron chi connectivity index (χ1n) is 14.2. The third-order valence-electron chi connectivity index (χ3n) is 7.29. The number of carbonyl (C=O) groups is 4. The van der Waals surface area contributed by atoms with Crippen molar-refractivity contribution >= 4 is 23.9 Å². The van der Waals surface area contributed by atoms with Crippen LogP contribution < -0.4 is 0 Å². The predicted molar refractivity (Wildman–Crippen MR) is 155 cm³/mol. The van der Waals surface area contributed by atoms with Gasteiger partial charge in [0.15, 0.2) is 0 Å². The minimum absolute atomic E-state index is 0.0602. The Bertz CT molecular complexity index is 1050. The third kappa shape index (κ3) is 10.5. The van der Waals surface area contributed by atoms with Crippen LogP contribution in [0.25, 0.3) is 0 Å². The van der Waals surface area contributed by atoms with Crippen LogP contribution in [0.1, 0.15) is 132 Å². The number of unbranched alkanes of at least 4 members (excludes halogenated alkanes) is 2. The first-order chi connectivity index (χ1) is 19.0. The second-order valence-electron chi connectivity index (χ2n) is 10.1. The first-order valence-corrected chi connectivity index (χ1v) is 14.2. The van der Waals surface area contributed by atoms with Gasteiger partial charge in [0.2, 0.25) is 0 Å². The molecular weight excluding hydrogens is 512 g/mol. The van der Waals surface area contributed by atoms with Gasteiger partial charge in [-0.1, -0.05) is 103 Å². The highest BCUT2D eigenvalue weighted by atomic mass is 16.4. The van der Waals surface area contributed by atoms with Crippen LogP contribution in [0.5, 0.6) is 0 Å². The van der Waals surface area contributed by atoms with E-state index in [1.165, 1.54) is 12.1 Å². The van der Waals surface area contributed by atoms with E-state index in [1.54, 1.807) is 24.3 Å². The van der Waals surface area contributed by atoms with Gasteiger partial charge in [0.25, 0.3) is 0 Å². The van der Waals surface area contributed by atoms with Crippen molar-refractivity contribution < 1.29 is 39.6 Å². The lowest BCUT2D eigenvalue weighted by molar-refractivity contribution is 0.0650. The number of rotatable bonds is 16. The Hall–Kier alpha value is -3.68. The van der Waals surface area contributed by atoms with E-state index in [4.69, 9.17) is 10.2 Å². The molecule has 2 aromatic rings. The number of benzene rings is 2. The highest BCUT2D eigenvalue weighted by Gasteiger charge is 2.22. The lowest BCUT2D eigenvalue weighted by Gasteiger charge is -2.16. The van der Waals surface area contributed by atoms with Crippen molar-refractivity contribution in [3.63, 3.8) is 0 Å². The summed E-state index contributed by atoms with van der Waals surface area (Å²) in [6, 6.07) is 9.40. The molecule has 0 saturated carbocycles. The predicted octanol–water partition coefficient (Wildman–Crippen LogP) is 7.68. The van der Waals surface area contributed by atoms with Gasteiger partial charge in [-0.15, -0.1) is 0 Å². The summed E-state index contributed by atoms with van der Waals surface area (Å²) in [5.41, 5.74) is 0.881. The van der Waals surface area contributed by atoms with Crippen LogP contribution in [-0.4, -0.2) is 44.3 Å². The third-order valence-corrected chi connectivity index (χ3v) is 7.29. The molecule has 0 bridgehead atoms. The van der Waals surface area contributed by atoms with Crippen molar-refractivity contribution in [3.8, 4) is 0 Å². The highest BCUT2D eigenvalue weighted by Crippen LogP contribution is 2.25. The molecule has 4 N–H and O–H groups in total. The fourth-order valence-corrected chi connectivity index (χ4v) is 4.91. The quantitative estimate of drug-likeness (QED) is 0.164. The summed E-state index contributed by atoms with van der Waals surface area (Å²) in [6.07, 6.45) is 9.71. The van der Waals surface area contributed by atoms with Crippen LogP contribution in [0.15, 0.2) is 36.4 Å². The molecular formula is C32H44O8. The Labute approximate surface area is 237 Å². The Morgan fingerprint density at radius 2 is 0.925 bits per heavy atom. The largest absolute Gasteiger partial charge is 0.478 e. The lowest BCUT2D eigenvalue weighted by atomic mass is 9.88. The molecule has 0 aromatic heterocycles. The summed E-state index contributed by atoms with van der Waals surface area (Å²) in [5.74, 6) is -3.91. The SMILES string of the molecule is CCCCC(CC)Cc1cccc(C(=O)O)c1C(=O)O.CCCCC(CC)Cc1cccc(C(=O)O)c1C(=O)O. The molecule has 0 amide bonds. The molecule has 0 aliphatic heterocycles. The van der Waals surface area contributed by atoms with Crippen LogP contribution >= 0.6 is 0 Å². The minimum atomic E-state index is -1.19. The van der Waals surface area contributed by atoms with Crippen molar-refractivity contribution in [2.45, 2.75) is 91.9 Å². The molecule has 0 heterocycles. The van der Waals surface area contributed by atoms with Gasteiger partial charge in [0.05, 0.1) is 22.3 Å². The Balaban J connectivity index is 0.000000400. The van der Waals surface area contributed by atoms with Crippen LogP contribution in [0.3, 0.4) is 0 Å². The molecule has 8 heteroatoms. The molecule has 0 saturated heterocycles. The normalized spacial score (nSPS) is 12.1. The van der Waals surface area contributed by atoms with E-state index in [1.807, 2.05) is 0 Å². The summed E-state index contributed by atoms with van der Waals surface area (Å²) < 4.78 is 0. The van der Waals surface area contributed by atoms with E-state index in [0.717, 1.165) is 51.4 Å². The van der Waals surface area contributed by atoms with Crippen molar-refractivity contribution in [1.82, 2.24) is 0 Å². The molecule has 2 rings (SSSR count). The van der Waals surface area contributed by atoms with Crippen molar-refractivity contribution in [1.29, 1.82) is 0 Å². The van der Waals surface area contributed by atoms with E-state index < -0.39 is 23.9 Å². The molecule has 8 nitrogen and oxygen atoms in total. The van der Waals surface area contributed by atoms with Gasteiger partial charge in [-0.25, -0.2) is 19.2 Å². The van der Waals surface area contributed by atoms with Crippen LogP contribution in [0.4, 0.5) is 0 Å². The van der Waals surface area contributed by atoms with Crippen molar-refractivity contribution in [2.24, 2.45) is 11.8 Å². The van der Waals surface area contributed by atoms with Gasteiger partial charge >= 0.3 is 23.9 Å². The number of hydrogen-bond donors (Lipinski definition) is 4. The van der Waals surface area contributed by atoms with E-state index in [0.29, 0.717) is 35.8 Å². The fourth-order valence-electron chi connectivity index (χ4n) is 4.91. The van der Waals surface area contributed by atoms with E-state index >= 15 is 0 Å². The van der Waals surface area contributed by atoms with E-state index in [9.17, 15) is 29.4 Å². The molecule has 2 aromatic carbocycles. The van der Waals surface area contributed by atoms with Gasteiger partial charge in [0, 0.05) is 0 Å². The fraction of sp³-hybridized carbons (Fsp3) is 0.500. The Morgan fingerprint density at radius 1 is 0.575 bits per heavy atom. The topological polar surface area (TPSA) is 149 Å². The van der Waals surface area contributed by atoms with E-state index in [2.05, 4.69) is 27.7 Å². The Morgan fingerprint density at radius 3 is 1.18 bits per heavy atom. The zero-order valence-corrected chi connectivity index (χ0v) is 24.1. The van der Waals surface area contributed by atoms with Crippen molar-refractivity contribution in [2.75, 3.05) is 0 Å². The van der Waals surface area contributed by atoms with Crippen LogP contribution in [0, 0.1) is 11.8 Å². The maximum atomic E-state index is 11.4. The van der Waals surface area contributed by atoms with Gasteiger partial charge in [-0.2, -0.15) is 0 Å². The molecule has 0 radical (unpaired) electrons. The highest BCUT2D eigenvalue weighted by molar-refractivity contribution is 6.03. The van der Waals surface area contributed by atoms with Gasteiger partial charge in [0.1, 0.15) is 0 Å². The van der Waals surface area contributed by atoms with Gasteiger partial charge in [-0.05, 0) is 47.9 Å². The zero-order valence-electron chi connectivity index (χ0n) is 24.1. The average molecular weight is 557 g/mol. The maximum Gasteiger partial charge on any atom is 0.336 e. The molecule has 0 aliphatic carbocycles. The molecule has 0 fully saturated rings. The summed E-state index contributed by atoms with van der Waals surface area (Å²) in [7, 11) is 0. The molecule has 40 heavy (non-hydrogen) atoms. The molecule has 0 aliphatic rings. The van der Waals surface area contributed by atoms with Crippen LogP contribution in [0.2, 0.25) is 0 Å². The molecule has 2 unspecified atom stereocenters. The van der Waals surface area contributed by atoms with Gasteiger partial charge in [-0.3, -0.25) is 0 Å². The number of hydrogen-bond acceptors (Lipinski definition) is 4. The second-order valence-corrected chi connectivity index (χ2v) is 10.1. The standard InChI is InChI=1S/2C16H22O4/c2*1-3-5-7-11(4-2)10-12-8-6-9-13(15(17)18)14(12)16(19)20/h2*6,8-9,11H,3-5,7,10H2,1-2H3,(H,17,18)(H,19,20). The summed E-state index contributed by atoms with van der Waals surface area (Å²) >= 11 is 0. The Kier molecular flexibility index (Phi) is 15.3. The summed E-state index contributed by atoms with van der Waals surface area (Å²) in [6.45, 7) is 8.42. The van der Waals surface area contributed by atoms with Gasteiger partial charge < -0.3 is 20.4 Å². The molecule has 0 spiro atoms. The monoisotopic (exact) mass is 556 g/mol. The van der Waals surface area contributed by atoms with Crippen LogP contribution in [-0.2, 0) is 12.8 Å². The van der Waals surface area contributed by atoms with E-state index in [-0.39, 0.29) is 22.3 Å². The van der Waals surface area contributed by atoms with Crippen molar-refractivity contribution in [3.05, 3.63) is 69.8 Å². The summed E-state index contributed by atoms with van der Waals surface area (Å²) in [5, 5.41) is 36.8. The first kappa shape index (κ1) is 34.3. The smallest absolute Gasteiger partial charge is 0.336 e. The maximum absolute atomic E-state index is 11.4. The summed E-state index contributed by atoms with van der Waals surface area (Å²) in [4.78, 5) is 45.0. The minimum Gasteiger partial charge on any atom is -0.478 e. The molecule has 220 valence electrons. The number of aromatic carboxylic acids is 4.